The highest BCUT2D eigenvalue weighted by Crippen LogP contribution is 2.44. The van der Waals surface area contributed by atoms with Crippen LogP contribution in [0.15, 0.2) is 211 Å². The summed E-state index contributed by atoms with van der Waals surface area (Å²) in [5.74, 6) is 0.620. The van der Waals surface area contributed by atoms with Crippen LogP contribution in [0, 0.1) is 0 Å². The van der Waals surface area contributed by atoms with Gasteiger partial charge in [-0.25, -0.2) is 4.98 Å². The first-order valence-corrected chi connectivity index (χ1v) is 19.3. The third-order valence-corrected chi connectivity index (χ3v) is 11.1. The minimum Gasteiger partial charge on any atom is -0.437 e. The summed E-state index contributed by atoms with van der Waals surface area (Å²) in [5.41, 5.74) is 13.5. The summed E-state index contributed by atoms with van der Waals surface area (Å²) in [6.07, 6.45) is 0. The zero-order valence-corrected chi connectivity index (χ0v) is 30.9. The SMILES string of the molecule is c1ccc(-c2cc(-c3ccccc3)cc(-c3cccc(-c4cccc(-c5nc(-c6ccccc6)c6c(n5)oc5c7ccccc7c7ccccc7c56)c4)c3)c2)cc1. The summed E-state index contributed by atoms with van der Waals surface area (Å²) in [6.45, 7) is 0. The smallest absolute Gasteiger partial charge is 0.231 e. The summed E-state index contributed by atoms with van der Waals surface area (Å²) >= 11 is 0. The number of benzene rings is 9. The maximum atomic E-state index is 6.81. The zero-order chi connectivity index (χ0) is 37.7. The van der Waals surface area contributed by atoms with Crippen molar-refractivity contribution in [3.05, 3.63) is 206 Å². The van der Waals surface area contributed by atoms with Crippen LogP contribution < -0.4 is 0 Å². The van der Waals surface area contributed by atoms with Gasteiger partial charge in [-0.15, -0.1) is 0 Å². The largest absolute Gasteiger partial charge is 0.437 e. The number of nitrogens with zero attached hydrogens (tertiary/aromatic N) is 2. The van der Waals surface area contributed by atoms with E-state index in [1.807, 2.05) is 6.07 Å². The van der Waals surface area contributed by atoms with E-state index >= 15 is 0 Å². The molecule has 0 spiro atoms. The summed E-state index contributed by atoms with van der Waals surface area (Å²) in [6, 6.07) is 72.9. The second-order valence-corrected chi connectivity index (χ2v) is 14.5. The first-order valence-electron chi connectivity index (χ1n) is 19.3. The van der Waals surface area contributed by atoms with Gasteiger partial charge >= 0.3 is 0 Å². The van der Waals surface area contributed by atoms with Crippen LogP contribution in [-0.2, 0) is 0 Å². The van der Waals surface area contributed by atoms with Crippen LogP contribution in [0.2, 0.25) is 0 Å². The van der Waals surface area contributed by atoms with E-state index < -0.39 is 0 Å². The molecular weight excluding hydrogens is 693 g/mol. The molecule has 9 aromatic carbocycles. The van der Waals surface area contributed by atoms with E-state index in [0.29, 0.717) is 11.5 Å². The van der Waals surface area contributed by atoms with Gasteiger partial charge in [-0.1, -0.05) is 176 Å². The Labute approximate surface area is 330 Å². The number of furan rings is 1. The van der Waals surface area contributed by atoms with Crippen LogP contribution in [0.25, 0.3) is 111 Å². The maximum Gasteiger partial charge on any atom is 0.231 e. The van der Waals surface area contributed by atoms with Gasteiger partial charge in [-0.3, -0.25) is 0 Å². The third-order valence-electron chi connectivity index (χ3n) is 11.1. The van der Waals surface area contributed by atoms with E-state index in [1.165, 1.54) is 33.2 Å². The molecule has 0 aliphatic carbocycles. The topological polar surface area (TPSA) is 38.9 Å². The minimum absolute atomic E-state index is 0.579. The summed E-state index contributed by atoms with van der Waals surface area (Å²) in [5, 5.41) is 6.51. The monoisotopic (exact) mass is 726 g/mol. The lowest BCUT2D eigenvalue weighted by molar-refractivity contribution is 0.657. The van der Waals surface area contributed by atoms with E-state index in [2.05, 4.69) is 200 Å². The minimum atomic E-state index is 0.579. The van der Waals surface area contributed by atoms with Gasteiger partial charge < -0.3 is 4.42 Å². The molecule has 0 aliphatic rings. The number of hydrogen-bond donors (Lipinski definition) is 0. The van der Waals surface area contributed by atoms with E-state index in [4.69, 9.17) is 14.4 Å². The highest BCUT2D eigenvalue weighted by atomic mass is 16.3. The average molecular weight is 727 g/mol. The van der Waals surface area contributed by atoms with Crippen LogP contribution >= 0.6 is 0 Å². The van der Waals surface area contributed by atoms with Crippen LogP contribution in [-0.4, -0.2) is 9.97 Å². The Hall–Kier alpha value is -7.62. The fourth-order valence-electron chi connectivity index (χ4n) is 8.34. The molecule has 0 bridgehead atoms. The molecule has 0 unspecified atom stereocenters. The van der Waals surface area contributed by atoms with Gasteiger partial charge in [-0.05, 0) is 91.0 Å². The van der Waals surface area contributed by atoms with Crippen LogP contribution in [0.4, 0.5) is 0 Å². The van der Waals surface area contributed by atoms with Crippen LogP contribution in [0.3, 0.4) is 0 Å². The van der Waals surface area contributed by atoms with E-state index in [0.717, 1.165) is 66.0 Å². The molecule has 11 rings (SSSR count). The van der Waals surface area contributed by atoms with E-state index in [1.54, 1.807) is 0 Å². The molecule has 11 aromatic rings. The van der Waals surface area contributed by atoms with E-state index in [-0.39, 0.29) is 0 Å². The molecule has 0 N–H and O–H groups in total. The van der Waals surface area contributed by atoms with Crippen molar-refractivity contribution in [2.45, 2.75) is 0 Å². The highest BCUT2D eigenvalue weighted by Gasteiger charge is 2.22. The second-order valence-electron chi connectivity index (χ2n) is 14.5. The molecular formula is C54H34N2O. The zero-order valence-electron chi connectivity index (χ0n) is 30.9. The molecule has 2 aromatic heterocycles. The molecule has 0 amide bonds. The van der Waals surface area contributed by atoms with Gasteiger partial charge in [0, 0.05) is 21.9 Å². The van der Waals surface area contributed by atoms with Crippen molar-refractivity contribution >= 4 is 43.6 Å². The quantitative estimate of drug-likeness (QED) is 0.160. The van der Waals surface area contributed by atoms with Crippen molar-refractivity contribution < 1.29 is 4.42 Å². The Balaban J connectivity index is 1.06. The van der Waals surface area contributed by atoms with Gasteiger partial charge in [0.2, 0.25) is 5.71 Å². The Kier molecular flexibility index (Phi) is 7.82. The molecule has 3 nitrogen and oxygen atoms in total. The Morgan fingerprint density at radius 1 is 0.281 bits per heavy atom. The van der Waals surface area contributed by atoms with Crippen molar-refractivity contribution in [1.29, 1.82) is 0 Å². The fourth-order valence-corrected chi connectivity index (χ4v) is 8.34. The molecule has 57 heavy (non-hydrogen) atoms. The van der Waals surface area contributed by atoms with Crippen molar-refractivity contribution in [3.63, 3.8) is 0 Å². The Morgan fingerprint density at radius 2 is 0.684 bits per heavy atom. The molecule has 0 radical (unpaired) electrons. The first-order chi connectivity index (χ1) is 28.2. The van der Waals surface area contributed by atoms with Gasteiger partial charge in [-0.2, -0.15) is 4.98 Å². The van der Waals surface area contributed by atoms with Gasteiger partial charge in [0.25, 0.3) is 0 Å². The number of fused-ring (bicyclic) bond motifs is 8. The molecule has 0 aliphatic heterocycles. The lowest BCUT2D eigenvalue weighted by Crippen LogP contribution is -1.94. The lowest BCUT2D eigenvalue weighted by Gasteiger charge is -2.13. The maximum absolute atomic E-state index is 6.81. The van der Waals surface area contributed by atoms with Crippen molar-refractivity contribution in [3.8, 4) is 67.2 Å². The lowest BCUT2D eigenvalue weighted by atomic mass is 9.92. The fraction of sp³-hybridized carbons (Fsp3) is 0. The summed E-state index contributed by atoms with van der Waals surface area (Å²) in [4.78, 5) is 10.5. The molecule has 0 saturated heterocycles. The molecule has 0 saturated carbocycles. The predicted octanol–water partition coefficient (Wildman–Crippen LogP) is 14.7. The van der Waals surface area contributed by atoms with Crippen LogP contribution in [0.1, 0.15) is 0 Å². The standard InChI is InChI=1S/C54H34N2O/c1-4-16-35(17-5-1)42-32-43(36-18-6-2-7-19-36)34-44(33-42)40-24-14-22-38(30-40)39-23-15-25-41(31-39)53-55-51(37-20-8-3-9-21-37)50-49-47-28-12-10-26-45(47)46-27-11-13-29-48(46)52(49)57-54(50)56-53/h1-34H. The highest BCUT2D eigenvalue weighted by molar-refractivity contribution is 6.31. The number of aromatic nitrogens is 2. The molecule has 266 valence electrons. The van der Waals surface area contributed by atoms with Gasteiger partial charge in [0.05, 0.1) is 11.1 Å². The molecule has 2 heterocycles. The van der Waals surface area contributed by atoms with Crippen molar-refractivity contribution in [2.24, 2.45) is 0 Å². The molecule has 3 heteroatoms. The average Bonchev–Trinajstić information content (AvgIpc) is 3.70. The first kappa shape index (κ1) is 32.8. The second kappa shape index (κ2) is 13.6. The molecule has 0 fully saturated rings. The van der Waals surface area contributed by atoms with Crippen LogP contribution in [0.5, 0.6) is 0 Å². The van der Waals surface area contributed by atoms with Crippen molar-refractivity contribution in [1.82, 2.24) is 9.97 Å². The summed E-state index contributed by atoms with van der Waals surface area (Å²) in [7, 11) is 0. The number of rotatable bonds is 6. The van der Waals surface area contributed by atoms with E-state index in [9.17, 15) is 0 Å². The third kappa shape index (κ3) is 5.76. The number of hydrogen-bond acceptors (Lipinski definition) is 3. The molecule has 0 atom stereocenters. The van der Waals surface area contributed by atoms with Gasteiger partial charge in [0.1, 0.15) is 5.58 Å². The Morgan fingerprint density at radius 3 is 1.28 bits per heavy atom. The normalized spacial score (nSPS) is 11.5. The Bertz CT molecular complexity index is 3220. The predicted molar refractivity (Wildman–Crippen MR) is 237 cm³/mol. The summed E-state index contributed by atoms with van der Waals surface area (Å²) < 4.78 is 6.81. The van der Waals surface area contributed by atoms with Gasteiger partial charge in [0.15, 0.2) is 5.82 Å². The van der Waals surface area contributed by atoms with Crippen molar-refractivity contribution in [2.75, 3.05) is 0 Å².